The second-order valence-electron chi connectivity index (χ2n) is 11.2. The lowest BCUT2D eigenvalue weighted by atomic mass is 9.44. The molecule has 7 unspecified atom stereocenters. The summed E-state index contributed by atoms with van der Waals surface area (Å²) in [5.74, 6) is 5.01. The summed E-state index contributed by atoms with van der Waals surface area (Å²) in [6.07, 6.45) is 12.4. The zero-order chi connectivity index (χ0) is 20.1. The Morgan fingerprint density at radius 1 is 1.07 bits per heavy atom. The Hall–Kier alpha value is -0.860. The highest BCUT2D eigenvalue weighted by molar-refractivity contribution is 5.79. The molecule has 8 atom stereocenters. The number of hydrogen-bond acceptors (Lipinski definition) is 3. The molecule has 0 aromatic carbocycles. The Morgan fingerprint density at radius 2 is 1.82 bits per heavy atom. The van der Waals surface area contributed by atoms with Gasteiger partial charge in [-0.2, -0.15) is 0 Å². The van der Waals surface area contributed by atoms with Crippen molar-refractivity contribution in [3.05, 3.63) is 0 Å². The molecule has 0 aromatic heterocycles. The molecule has 158 valence electrons. The molecule has 4 saturated carbocycles. The SMILES string of the molecule is COC(=O)CC[C@@H](C)C1CCC2C3CCC4CC(=O)CCC4(C)C3CCC21C. The number of ether oxygens (including phenoxy) is 1. The van der Waals surface area contributed by atoms with Gasteiger partial charge in [0.25, 0.3) is 0 Å². The summed E-state index contributed by atoms with van der Waals surface area (Å²) in [6.45, 7) is 7.49. The Kier molecular flexibility index (Phi) is 5.42. The predicted molar refractivity (Wildman–Crippen MR) is 111 cm³/mol. The van der Waals surface area contributed by atoms with E-state index in [1.54, 1.807) is 0 Å². The van der Waals surface area contributed by atoms with Crippen LogP contribution in [0.15, 0.2) is 0 Å². The van der Waals surface area contributed by atoms with E-state index in [0.717, 1.165) is 49.4 Å². The van der Waals surface area contributed by atoms with Crippen molar-refractivity contribution in [2.75, 3.05) is 7.11 Å². The molecule has 4 fully saturated rings. The summed E-state index contributed by atoms with van der Waals surface area (Å²) in [6, 6.07) is 0. The first kappa shape index (κ1) is 20.4. The number of Topliss-reactive ketones (excluding diaryl/α,β-unsaturated/α-hetero) is 1. The second-order valence-corrected chi connectivity index (χ2v) is 11.2. The van der Waals surface area contributed by atoms with E-state index < -0.39 is 0 Å². The predicted octanol–water partition coefficient (Wildman–Crippen LogP) is 5.80. The fraction of sp³-hybridized carbons (Fsp3) is 0.920. The lowest BCUT2D eigenvalue weighted by Gasteiger charge is -2.60. The van der Waals surface area contributed by atoms with Crippen LogP contribution in [0.5, 0.6) is 0 Å². The molecule has 0 heterocycles. The van der Waals surface area contributed by atoms with Gasteiger partial charge in [-0.1, -0.05) is 20.8 Å². The first-order valence-electron chi connectivity index (χ1n) is 11.9. The molecule has 0 spiro atoms. The van der Waals surface area contributed by atoms with Gasteiger partial charge in [0.2, 0.25) is 0 Å². The Morgan fingerprint density at radius 3 is 2.57 bits per heavy atom. The van der Waals surface area contributed by atoms with Gasteiger partial charge in [0.05, 0.1) is 7.11 Å². The van der Waals surface area contributed by atoms with Crippen molar-refractivity contribution >= 4 is 11.8 Å². The minimum absolute atomic E-state index is 0.0617. The van der Waals surface area contributed by atoms with Gasteiger partial charge in [-0.15, -0.1) is 0 Å². The third-order valence-corrected chi connectivity index (χ3v) is 10.3. The Bertz CT molecular complexity index is 627. The molecule has 4 rings (SSSR count). The molecule has 3 heteroatoms. The van der Waals surface area contributed by atoms with E-state index in [9.17, 15) is 9.59 Å². The third kappa shape index (κ3) is 3.16. The molecule has 0 saturated heterocycles. The van der Waals surface area contributed by atoms with Crippen molar-refractivity contribution in [1.29, 1.82) is 0 Å². The van der Waals surface area contributed by atoms with Crippen LogP contribution in [-0.4, -0.2) is 18.9 Å². The molecule has 0 amide bonds. The van der Waals surface area contributed by atoms with E-state index >= 15 is 0 Å². The van der Waals surface area contributed by atoms with Crippen molar-refractivity contribution in [2.45, 2.75) is 91.4 Å². The highest BCUT2D eigenvalue weighted by Gasteiger charge is 2.60. The van der Waals surface area contributed by atoms with Crippen LogP contribution in [0.3, 0.4) is 0 Å². The van der Waals surface area contributed by atoms with Gasteiger partial charge in [-0.25, -0.2) is 0 Å². The molecule has 4 aliphatic carbocycles. The summed E-state index contributed by atoms with van der Waals surface area (Å²) in [5.41, 5.74) is 0.858. The highest BCUT2D eigenvalue weighted by Crippen LogP contribution is 2.68. The average Bonchev–Trinajstić information content (AvgIpc) is 3.03. The normalized spacial score (nSPS) is 46.3. The van der Waals surface area contributed by atoms with E-state index in [-0.39, 0.29) is 5.97 Å². The Balaban J connectivity index is 1.49. The molecular weight excluding hydrogens is 348 g/mol. The van der Waals surface area contributed by atoms with Crippen molar-refractivity contribution in [3.8, 4) is 0 Å². The van der Waals surface area contributed by atoms with E-state index in [0.29, 0.717) is 34.9 Å². The van der Waals surface area contributed by atoms with Crippen molar-refractivity contribution < 1.29 is 14.3 Å². The smallest absolute Gasteiger partial charge is 0.305 e. The van der Waals surface area contributed by atoms with Crippen LogP contribution in [0, 0.1) is 46.3 Å². The Labute approximate surface area is 171 Å². The first-order valence-corrected chi connectivity index (χ1v) is 11.9. The number of esters is 1. The van der Waals surface area contributed by atoms with Gasteiger partial charge in [0, 0.05) is 19.3 Å². The van der Waals surface area contributed by atoms with Crippen LogP contribution in [0.2, 0.25) is 0 Å². The van der Waals surface area contributed by atoms with E-state index in [2.05, 4.69) is 20.8 Å². The molecule has 4 aliphatic rings. The summed E-state index contributed by atoms with van der Waals surface area (Å²) in [5, 5.41) is 0. The van der Waals surface area contributed by atoms with Crippen LogP contribution in [0.25, 0.3) is 0 Å². The van der Waals surface area contributed by atoms with Gasteiger partial charge in [-0.3, -0.25) is 9.59 Å². The van der Waals surface area contributed by atoms with Crippen molar-refractivity contribution in [1.82, 2.24) is 0 Å². The van der Waals surface area contributed by atoms with E-state index in [4.69, 9.17) is 4.74 Å². The van der Waals surface area contributed by atoms with Gasteiger partial charge >= 0.3 is 5.97 Å². The number of fused-ring (bicyclic) bond motifs is 5. The lowest BCUT2D eigenvalue weighted by Crippen LogP contribution is -2.53. The highest BCUT2D eigenvalue weighted by atomic mass is 16.5. The number of ketones is 1. The molecule has 0 radical (unpaired) electrons. The minimum Gasteiger partial charge on any atom is -0.469 e. The number of methoxy groups -OCH3 is 1. The first-order chi connectivity index (χ1) is 13.3. The standard InChI is InChI=1S/C25H40O3/c1-16(5-10-23(27)28-4)20-8-9-21-19-7-6-17-15-18(26)11-13-24(17,2)22(19)12-14-25(20,21)3/h16-17,19-22H,5-15H2,1-4H3/t16-,17?,19?,20?,21?,22?,24?,25?/m1/s1. The molecule has 28 heavy (non-hydrogen) atoms. The topological polar surface area (TPSA) is 43.4 Å². The fourth-order valence-corrected chi connectivity index (χ4v) is 8.67. The maximum Gasteiger partial charge on any atom is 0.305 e. The summed E-state index contributed by atoms with van der Waals surface area (Å²) < 4.78 is 4.87. The largest absolute Gasteiger partial charge is 0.469 e. The van der Waals surface area contributed by atoms with Crippen LogP contribution in [-0.2, 0) is 14.3 Å². The number of carbonyl (C=O) groups is 2. The van der Waals surface area contributed by atoms with Gasteiger partial charge in [0.15, 0.2) is 0 Å². The minimum atomic E-state index is -0.0617. The van der Waals surface area contributed by atoms with Crippen LogP contribution in [0.1, 0.15) is 91.4 Å². The summed E-state index contributed by atoms with van der Waals surface area (Å²) in [7, 11) is 1.50. The van der Waals surface area contributed by atoms with Crippen LogP contribution >= 0.6 is 0 Å². The number of hydrogen-bond donors (Lipinski definition) is 0. The molecule has 0 aromatic rings. The lowest BCUT2D eigenvalue weighted by molar-refractivity contribution is -0.141. The second kappa shape index (κ2) is 7.43. The van der Waals surface area contributed by atoms with Crippen LogP contribution in [0.4, 0.5) is 0 Å². The third-order valence-electron chi connectivity index (χ3n) is 10.3. The van der Waals surface area contributed by atoms with Gasteiger partial charge < -0.3 is 4.74 Å². The maximum atomic E-state index is 12.1. The molecule has 3 nitrogen and oxygen atoms in total. The van der Waals surface area contributed by atoms with Crippen molar-refractivity contribution in [2.24, 2.45) is 46.3 Å². The van der Waals surface area contributed by atoms with E-state index in [1.165, 1.54) is 45.6 Å². The quantitative estimate of drug-likeness (QED) is 0.571. The number of rotatable bonds is 4. The molecular formula is C25H40O3. The summed E-state index contributed by atoms with van der Waals surface area (Å²) in [4.78, 5) is 23.7. The van der Waals surface area contributed by atoms with Crippen LogP contribution < -0.4 is 0 Å². The maximum absolute atomic E-state index is 12.1. The van der Waals surface area contributed by atoms with E-state index in [1.807, 2.05) is 0 Å². The van der Waals surface area contributed by atoms with Gasteiger partial charge in [0.1, 0.15) is 5.78 Å². The molecule has 0 aliphatic heterocycles. The fourth-order valence-electron chi connectivity index (χ4n) is 8.67. The van der Waals surface area contributed by atoms with Gasteiger partial charge in [-0.05, 0) is 97.7 Å². The summed E-state index contributed by atoms with van der Waals surface area (Å²) >= 11 is 0. The molecule has 0 bridgehead atoms. The number of carbonyl (C=O) groups excluding carboxylic acids is 2. The average molecular weight is 389 g/mol. The zero-order valence-corrected chi connectivity index (χ0v) is 18.5. The van der Waals surface area contributed by atoms with Crippen molar-refractivity contribution in [3.63, 3.8) is 0 Å². The monoisotopic (exact) mass is 388 g/mol. The molecule has 0 N–H and O–H groups in total. The zero-order valence-electron chi connectivity index (χ0n) is 18.5.